The van der Waals surface area contributed by atoms with Crippen molar-refractivity contribution in [2.75, 3.05) is 39.3 Å². The van der Waals surface area contributed by atoms with Crippen LogP contribution in [0.3, 0.4) is 0 Å². The Balaban J connectivity index is 1.23. The minimum Gasteiger partial charge on any atom is -0.457 e. The van der Waals surface area contributed by atoms with Crippen molar-refractivity contribution in [1.29, 1.82) is 16.1 Å². The highest BCUT2D eigenvalue weighted by Crippen LogP contribution is 2.29. The topological polar surface area (TPSA) is 158 Å². The summed E-state index contributed by atoms with van der Waals surface area (Å²) in [6, 6.07) is 15.5. The number of halogens is 1. The Morgan fingerprint density at radius 1 is 1.08 bits per heavy atom. The highest BCUT2D eigenvalue weighted by Gasteiger charge is 2.35. The monoisotopic (exact) mass is 667 g/mol. The van der Waals surface area contributed by atoms with Crippen LogP contribution in [0, 0.1) is 28.0 Å². The third-order valence-corrected chi connectivity index (χ3v) is 9.74. The van der Waals surface area contributed by atoms with E-state index >= 15 is 4.39 Å². The van der Waals surface area contributed by atoms with Gasteiger partial charge in [-0.1, -0.05) is 24.6 Å². The number of hydrogen-bond donors (Lipinski definition) is 4. The second-order valence-corrected chi connectivity index (χ2v) is 13.4. The molecule has 0 aromatic heterocycles. The number of piperazine rings is 1. The first-order valence-electron chi connectivity index (χ1n) is 16.9. The van der Waals surface area contributed by atoms with Crippen molar-refractivity contribution in [2.45, 2.75) is 63.6 Å². The van der Waals surface area contributed by atoms with Crippen molar-refractivity contribution in [2.24, 2.45) is 10.7 Å². The fourth-order valence-corrected chi connectivity index (χ4v) is 6.71. The maximum absolute atomic E-state index is 15.3. The molecule has 49 heavy (non-hydrogen) atoms. The van der Waals surface area contributed by atoms with Gasteiger partial charge in [0.1, 0.15) is 40.6 Å². The van der Waals surface area contributed by atoms with Gasteiger partial charge in [-0.2, -0.15) is 5.26 Å². The average molecular weight is 668 g/mol. The summed E-state index contributed by atoms with van der Waals surface area (Å²) in [5.41, 5.74) is 5.16. The Bertz CT molecular complexity index is 1670. The molecule has 2 heterocycles. The van der Waals surface area contributed by atoms with Crippen molar-refractivity contribution in [3.05, 3.63) is 83.0 Å². The van der Waals surface area contributed by atoms with Crippen molar-refractivity contribution in [1.82, 2.24) is 20.0 Å². The van der Waals surface area contributed by atoms with E-state index in [9.17, 15) is 10.1 Å². The summed E-state index contributed by atoms with van der Waals surface area (Å²) in [4.78, 5) is 23.9. The molecule has 1 amide bonds. The molecule has 11 nitrogen and oxygen atoms in total. The zero-order chi connectivity index (χ0) is 35.1. The average Bonchev–Trinajstić information content (AvgIpc) is 3.07. The molecule has 0 bridgehead atoms. The number of nitriles is 1. The first-order chi connectivity index (χ1) is 23.5. The summed E-state index contributed by atoms with van der Waals surface area (Å²) in [7, 11) is 0. The molecule has 2 aromatic rings. The van der Waals surface area contributed by atoms with Gasteiger partial charge in [-0.25, -0.2) is 9.38 Å². The zero-order valence-corrected chi connectivity index (χ0v) is 28.3. The van der Waals surface area contributed by atoms with E-state index in [1.807, 2.05) is 19.9 Å². The largest absolute Gasteiger partial charge is 0.457 e. The second-order valence-electron chi connectivity index (χ2n) is 13.4. The third kappa shape index (κ3) is 8.42. The number of hydrogen-bond acceptors (Lipinski definition) is 9. The van der Waals surface area contributed by atoms with Gasteiger partial charge >= 0.3 is 0 Å². The highest BCUT2D eigenvalue weighted by molar-refractivity contribution is 6.28. The molecule has 5 N–H and O–H groups in total. The molecule has 12 heteroatoms. The summed E-state index contributed by atoms with van der Waals surface area (Å²) in [6.45, 7) is 12.0. The predicted octanol–water partition coefficient (Wildman–Crippen LogP) is 4.81. The van der Waals surface area contributed by atoms with E-state index in [0.29, 0.717) is 31.2 Å². The maximum atomic E-state index is 15.3. The molecule has 258 valence electrons. The van der Waals surface area contributed by atoms with Gasteiger partial charge in [-0.05, 0) is 76.6 Å². The van der Waals surface area contributed by atoms with Gasteiger partial charge < -0.3 is 20.7 Å². The molecule has 1 saturated carbocycles. The van der Waals surface area contributed by atoms with Crippen LogP contribution < -0.4 is 15.8 Å². The van der Waals surface area contributed by atoms with Crippen molar-refractivity contribution < 1.29 is 13.9 Å². The molecule has 2 saturated heterocycles. The van der Waals surface area contributed by atoms with Gasteiger partial charge in [0, 0.05) is 68.5 Å². The first-order valence-corrected chi connectivity index (χ1v) is 16.9. The molecule has 2 aromatic carbocycles. The van der Waals surface area contributed by atoms with E-state index in [-0.39, 0.29) is 58.3 Å². The molecule has 3 aliphatic rings. The summed E-state index contributed by atoms with van der Waals surface area (Å²) in [5, 5.41) is 30.8. The van der Waals surface area contributed by atoms with Crippen LogP contribution in [0.2, 0.25) is 0 Å². The van der Waals surface area contributed by atoms with Gasteiger partial charge in [0.2, 0.25) is 0 Å². The number of nitrogens with zero attached hydrogens (tertiary/aromatic N) is 5. The molecule has 1 unspecified atom stereocenters. The van der Waals surface area contributed by atoms with Crippen LogP contribution in [0.4, 0.5) is 4.39 Å². The Hall–Kier alpha value is -4.86. The minimum atomic E-state index is -0.728. The summed E-state index contributed by atoms with van der Waals surface area (Å²) >= 11 is 0. The van der Waals surface area contributed by atoms with Crippen LogP contribution in [0.1, 0.15) is 51.5 Å². The fourth-order valence-electron chi connectivity index (χ4n) is 6.71. The van der Waals surface area contributed by atoms with Crippen molar-refractivity contribution >= 4 is 24.2 Å². The molecular weight excluding hydrogens is 621 g/mol. The van der Waals surface area contributed by atoms with E-state index in [0.717, 1.165) is 26.2 Å². The number of benzene rings is 2. The van der Waals surface area contributed by atoms with Gasteiger partial charge in [-0.15, -0.1) is 0 Å². The first kappa shape index (κ1) is 35.4. The lowest BCUT2D eigenvalue weighted by atomic mass is 9.90. The summed E-state index contributed by atoms with van der Waals surface area (Å²) < 4.78 is 21.0. The molecule has 2 aliphatic heterocycles. The van der Waals surface area contributed by atoms with Gasteiger partial charge in [0.15, 0.2) is 0 Å². The lowest BCUT2D eigenvalue weighted by molar-refractivity contribution is -0.128. The molecule has 0 spiro atoms. The van der Waals surface area contributed by atoms with Crippen molar-refractivity contribution in [3.8, 4) is 17.6 Å². The normalized spacial score (nSPS) is 20.0. The van der Waals surface area contributed by atoms with E-state index in [1.165, 1.54) is 37.5 Å². The maximum Gasteiger partial charge on any atom is 0.264 e. The lowest BCUT2D eigenvalue weighted by Gasteiger charge is -2.47. The molecule has 1 atom stereocenters. The number of piperidine rings is 1. The zero-order valence-electron chi connectivity index (χ0n) is 28.3. The summed E-state index contributed by atoms with van der Waals surface area (Å²) in [6.07, 6.45) is 6.93. The number of aliphatic imine (C=N–C) groups is 1. The Morgan fingerprint density at radius 3 is 2.41 bits per heavy atom. The second kappa shape index (κ2) is 15.6. The van der Waals surface area contributed by atoms with Gasteiger partial charge in [-0.3, -0.25) is 25.4 Å². The molecule has 3 fully saturated rings. The van der Waals surface area contributed by atoms with Gasteiger partial charge in [0.05, 0.1) is 11.3 Å². The van der Waals surface area contributed by atoms with Crippen molar-refractivity contribution in [3.63, 3.8) is 0 Å². The van der Waals surface area contributed by atoms with Crippen LogP contribution in [0.25, 0.3) is 0 Å². The predicted molar refractivity (Wildman–Crippen MR) is 190 cm³/mol. The molecular formula is C37H46FN9O2. The third-order valence-electron chi connectivity index (χ3n) is 9.74. The smallest absolute Gasteiger partial charge is 0.264 e. The standard InChI is InChI=1S/C37H46FN9O2/c1-37(2,47-19-17-45(18-20-47)27-10-7-11-27)22-25(23-39)36(48)46-16-8-9-26(24-46)44-35(42)32(34(41)43-3)33(40)30-15-14-29(21-31(30)38)49-28-12-5-4-6-13-28/h4-6,12-15,21-22,26-27,40H,3,7-11,16-20,24,41H2,1-2H3,(H2,42,44)/b25-22?,34-32-,40-33?. The quantitative estimate of drug-likeness (QED) is 0.116. The fraction of sp³-hybridized carbons (Fsp3) is 0.432. The summed E-state index contributed by atoms with van der Waals surface area (Å²) in [5.74, 6) is -0.736. The molecule has 5 rings (SSSR count). The number of ether oxygens (including phenoxy) is 1. The number of amides is 1. The minimum absolute atomic E-state index is 0.0927. The lowest BCUT2D eigenvalue weighted by Crippen LogP contribution is -2.57. The number of carbonyl (C=O) groups is 1. The molecule has 0 radical (unpaired) electrons. The Kier molecular flexibility index (Phi) is 11.3. The number of likely N-dealkylation sites (tertiary alicyclic amines) is 1. The van der Waals surface area contributed by atoms with E-state index in [1.54, 1.807) is 35.2 Å². The van der Waals surface area contributed by atoms with Crippen LogP contribution in [-0.4, -0.2) is 95.8 Å². The van der Waals surface area contributed by atoms with E-state index < -0.39 is 11.4 Å². The van der Waals surface area contributed by atoms with Crippen LogP contribution >= 0.6 is 0 Å². The number of para-hydroxylation sites is 1. The number of nitrogens with two attached hydrogens (primary N) is 1. The van der Waals surface area contributed by atoms with Gasteiger partial charge in [0.25, 0.3) is 5.91 Å². The van der Waals surface area contributed by atoms with E-state index in [2.05, 4.69) is 32.9 Å². The van der Waals surface area contributed by atoms with Crippen LogP contribution in [-0.2, 0) is 4.79 Å². The Morgan fingerprint density at radius 2 is 1.80 bits per heavy atom. The van der Waals surface area contributed by atoms with E-state index in [4.69, 9.17) is 21.3 Å². The highest BCUT2D eigenvalue weighted by atomic mass is 19.1. The SMILES string of the molecule is C=N/C(N)=C(\C(=N)NC1CCCN(C(=O)C(C#N)=CC(C)(C)N2CCN(C3CCC3)CC2)C1)C(=N)c1ccc(Oc2ccccc2)cc1F. The number of amidine groups is 1. The number of carbonyl (C=O) groups excluding carboxylic acids is 1. The Labute approximate surface area is 287 Å². The number of nitrogens with one attached hydrogen (secondary N) is 3. The van der Waals surface area contributed by atoms with Crippen LogP contribution in [0.5, 0.6) is 11.5 Å². The van der Waals surface area contributed by atoms with Crippen LogP contribution in [0.15, 0.2) is 76.6 Å². The molecule has 1 aliphatic carbocycles. The number of rotatable bonds is 11.